The van der Waals surface area contributed by atoms with Crippen molar-refractivity contribution in [3.63, 3.8) is 0 Å². The second kappa shape index (κ2) is 6.85. The van der Waals surface area contributed by atoms with Crippen molar-refractivity contribution < 1.29 is 19.8 Å². The minimum Gasteiger partial charge on any atom is -0.480 e. The Bertz CT molecular complexity index is 258. The molecule has 14 heavy (non-hydrogen) atoms. The summed E-state index contributed by atoms with van der Waals surface area (Å²) in [6.45, 7) is 1.16. The fourth-order valence-corrected chi connectivity index (χ4v) is 0.659. The van der Waals surface area contributed by atoms with Crippen molar-refractivity contribution in [3.8, 4) is 0 Å². The number of amides is 1. The first kappa shape index (κ1) is 12.4. The molecule has 0 bridgehead atoms. The number of aliphatic hydroxyl groups is 1. The van der Waals surface area contributed by atoms with Gasteiger partial charge in [0.1, 0.15) is 0 Å². The number of carboxylic acids is 1. The van der Waals surface area contributed by atoms with Gasteiger partial charge in [-0.2, -0.15) is 0 Å². The molecule has 78 valence electrons. The summed E-state index contributed by atoms with van der Waals surface area (Å²) < 4.78 is 0. The van der Waals surface area contributed by atoms with Gasteiger partial charge in [0, 0.05) is 6.08 Å². The Kier molecular flexibility index (Phi) is 6.06. The van der Waals surface area contributed by atoms with Crippen LogP contribution >= 0.6 is 0 Å². The SMILES string of the molecule is C/C=C/C=C/C(=O)N[C@@H](CO)C(=O)O. The summed E-state index contributed by atoms with van der Waals surface area (Å²) in [5.41, 5.74) is 0. The van der Waals surface area contributed by atoms with E-state index in [2.05, 4.69) is 5.32 Å². The monoisotopic (exact) mass is 199 g/mol. The van der Waals surface area contributed by atoms with Crippen LogP contribution in [0, 0.1) is 0 Å². The van der Waals surface area contributed by atoms with Crippen molar-refractivity contribution in [3.05, 3.63) is 24.3 Å². The highest BCUT2D eigenvalue weighted by atomic mass is 16.4. The standard InChI is InChI=1S/C9H13NO4/c1-2-3-4-5-8(12)10-7(6-11)9(13)14/h2-5,7,11H,6H2,1H3,(H,10,12)(H,13,14)/b3-2+,5-4+/t7-/m0/s1. The number of aliphatic carboxylic acids is 1. The lowest BCUT2D eigenvalue weighted by Gasteiger charge is -2.08. The van der Waals surface area contributed by atoms with Gasteiger partial charge in [-0.1, -0.05) is 18.2 Å². The van der Waals surface area contributed by atoms with Crippen LogP contribution in [0.15, 0.2) is 24.3 Å². The molecule has 0 aromatic rings. The highest BCUT2D eigenvalue weighted by molar-refractivity contribution is 5.91. The number of carboxylic acid groups (broad SMARTS) is 1. The molecule has 0 saturated carbocycles. The molecule has 0 saturated heterocycles. The summed E-state index contributed by atoms with van der Waals surface area (Å²) in [5.74, 6) is -1.81. The zero-order chi connectivity index (χ0) is 11.0. The summed E-state index contributed by atoms with van der Waals surface area (Å²) in [6, 6.07) is -1.25. The summed E-state index contributed by atoms with van der Waals surface area (Å²) >= 11 is 0. The lowest BCUT2D eigenvalue weighted by Crippen LogP contribution is -2.42. The van der Waals surface area contributed by atoms with Crippen molar-refractivity contribution >= 4 is 11.9 Å². The number of rotatable bonds is 5. The minimum atomic E-state index is -1.26. The summed E-state index contributed by atoms with van der Waals surface area (Å²) in [7, 11) is 0. The molecular weight excluding hydrogens is 186 g/mol. The Morgan fingerprint density at radius 1 is 1.43 bits per heavy atom. The van der Waals surface area contributed by atoms with Crippen molar-refractivity contribution in [2.24, 2.45) is 0 Å². The zero-order valence-electron chi connectivity index (χ0n) is 7.80. The molecule has 0 rings (SSSR count). The molecule has 0 fully saturated rings. The van der Waals surface area contributed by atoms with E-state index in [1.807, 2.05) is 0 Å². The predicted octanol–water partition coefficient (Wildman–Crippen LogP) is -0.320. The molecule has 1 amide bonds. The van der Waals surface area contributed by atoms with Gasteiger partial charge in [0.2, 0.25) is 5.91 Å². The Morgan fingerprint density at radius 2 is 2.07 bits per heavy atom. The maximum atomic E-state index is 11.0. The van der Waals surface area contributed by atoms with Crippen LogP contribution in [-0.4, -0.2) is 34.7 Å². The van der Waals surface area contributed by atoms with Gasteiger partial charge < -0.3 is 15.5 Å². The molecule has 1 atom stereocenters. The van der Waals surface area contributed by atoms with E-state index in [1.165, 1.54) is 12.2 Å². The second-order valence-corrected chi connectivity index (χ2v) is 2.47. The minimum absolute atomic E-state index is 0.551. The molecule has 0 heterocycles. The molecule has 5 nitrogen and oxygen atoms in total. The topological polar surface area (TPSA) is 86.6 Å². The van der Waals surface area contributed by atoms with Crippen LogP contribution in [0.4, 0.5) is 0 Å². The summed E-state index contributed by atoms with van der Waals surface area (Å²) in [5, 5.41) is 19.2. The second-order valence-electron chi connectivity index (χ2n) is 2.47. The van der Waals surface area contributed by atoms with Crippen molar-refractivity contribution in [2.75, 3.05) is 6.61 Å². The summed E-state index contributed by atoms with van der Waals surface area (Å²) in [6.07, 6.45) is 6.02. The van der Waals surface area contributed by atoms with Crippen LogP contribution in [-0.2, 0) is 9.59 Å². The number of carbonyl (C=O) groups excluding carboxylic acids is 1. The first-order valence-corrected chi connectivity index (χ1v) is 4.05. The maximum Gasteiger partial charge on any atom is 0.328 e. The molecule has 5 heteroatoms. The van der Waals surface area contributed by atoms with E-state index in [0.29, 0.717) is 0 Å². The number of aliphatic hydroxyl groups excluding tert-OH is 1. The van der Waals surface area contributed by atoms with E-state index in [4.69, 9.17) is 10.2 Å². The van der Waals surface area contributed by atoms with Crippen LogP contribution in [0.25, 0.3) is 0 Å². The molecule has 0 aliphatic heterocycles. The van der Waals surface area contributed by atoms with E-state index in [1.54, 1.807) is 19.1 Å². The normalized spacial score (nSPS) is 13.3. The van der Waals surface area contributed by atoms with Crippen LogP contribution in [0.2, 0.25) is 0 Å². The zero-order valence-corrected chi connectivity index (χ0v) is 7.80. The third-order valence-corrected chi connectivity index (χ3v) is 1.35. The van der Waals surface area contributed by atoms with Crippen LogP contribution < -0.4 is 5.32 Å². The van der Waals surface area contributed by atoms with Gasteiger partial charge in [-0.05, 0) is 6.92 Å². The van der Waals surface area contributed by atoms with Gasteiger partial charge in [0.15, 0.2) is 6.04 Å². The van der Waals surface area contributed by atoms with Crippen LogP contribution in [0.5, 0.6) is 0 Å². The molecule has 0 aliphatic rings. The van der Waals surface area contributed by atoms with Gasteiger partial charge in [0.05, 0.1) is 6.61 Å². The van der Waals surface area contributed by atoms with Gasteiger partial charge in [-0.3, -0.25) is 4.79 Å². The molecule has 0 aliphatic carbocycles. The van der Waals surface area contributed by atoms with Crippen LogP contribution in [0.3, 0.4) is 0 Å². The Morgan fingerprint density at radius 3 is 2.50 bits per heavy atom. The van der Waals surface area contributed by atoms with E-state index in [0.717, 1.165) is 0 Å². The van der Waals surface area contributed by atoms with E-state index >= 15 is 0 Å². The Labute approximate surface area is 81.7 Å². The number of allylic oxidation sites excluding steroid dienone is 3. The van der Waals surface area contributed by atoms with Crippen LogP contribution in [0.1, 0.15) is 6.92 Å². The van der Waals surface area contributed by atoms with E-state index in [9.17, 15) is 9.59 Å². The molecule has 3 N–H and O–H groups in total. The third kappa shape index (κ3) is 5.10. The average molecular weight is 199 g/mol. The molecule has 0 aromatic heterocycles. The number of hydrogen-bond donors (Lipinski definition) is 3. The third-order valence-electron chi connectivity index (χ3n) is 1.35. The van der Waals surface area contributed by atoms with Crippen molar-refractivity contribution in [1.29, 1.82) is 0 Å². The number of nitrogens with one attached hydrogen (secondary N) is 1. The highest BCUT2D eigenvalue weighted by Gasteiger charge is 2.16. The first-order valence-electron chi connectivity index (χ1n) is 4.05. The van der Waals surface area contributed by atoms with Gasteiger partial charge in [0.25, 0.3) is 0 Å². The quantitative estimate of drug-likeness (QED) is 0.418. The lowest BCUT2D eigenvalue weighted by molar-refractivity contribution is -0.142. The molecular formula is C9H13NO4. The van der Waals surface area contributed by atoms with Crippen molar-refractivity contribution in [1.82, 2.24) is 5.32 Å². The fourth-order valence-electron chi connectivity index (χ4n) is 0.659. The fraction of sp³-hybridized carbons (Fsp3) is 0.333. The molecule has 0 unspecified atom stereocenters. The summed E-state index contributed by atoms with van der Waals surface area (Å²) in [4.78, 5) is 21.4. The molecule has 0 radical (unpaired) electrons. The van der Waals surface area contributed by atoms with E-state index < -0.39 is 24.5 Å². The van der Waals surface area contributed by atoms with E-state index in [-0.39, 0.29) is 0 Å². The van der Waals surface area contributed by atoms with Gasteiger partial charge in [-0.15, -0.1) is 0 Å². The Balaban J connectivity index is 4.09. The average Bonchev–Trinajstić information content (AvgIpc) is 2.14. The lowest BCUT2D eigenvalue weighted by atomic mass is 10.3. The van der Waals surface area contributed by atoms with Gasteiger partial charge >= 0.3 is 5.97 Å². The smallest absolute Gasteiger partial charge is 0.328 e. The number of carbonyl (C=O) groups is 2. The largest absolute Gasteiger partial charge is 0.480 e. The van der Waals surface area contributed by atoms with Crippen molar-refractivity contribution in [2.45, 2.75) is 13.0 Å². The number of hydrogen-bond acceptors (Lipinski definition) is 3. The predicted molar refractivity (Wildman–Crippen MR) is 50.6 cm³/mol. The Hall–Kier alpha value is -1.62. The highest BCUT2D eigenvalue weighted by Crippen LogP contribution is 1.84. The first-order chi connectivity index (χ1) is 6.61. The maximum absolute atomic E-state index is 11.0. The molecule has 0 aromatic carbocycles. The molecule has 0 spiro atoms. The van der Waals surface area contributed by atoms with Gasteiger partial charge in [-0.25, -0.2) is 4.79 Å².